The predicted octanol–water partition coefficient (Wildman–Crippen LogP) is 4.35. The van der Waals surface area contributed by atoms with E-state index in [9.17, 15) is 22.4 Å². The van der Waals surface area contributed by atoms with Crippen LogP contribution in [0, 0.1) is 5.82 Å². The van der Waals surface area contributed by atoms with Crippen LogP contribution in [0.15, 0.2) is 61.4 Å². The molecule has 0 spiro atoms. The summed E-state index contributed by atoms with van der Waals surface area (Å²) in [4.78, 5) is 24.0. The molecule has 174 valence electrons. The number of carbonyl (C=O) groups is 1. The van der Waals surface area contributed by atoms with Gasteiger partial charge in [-0.15, -0.1) is 0 Å². The molecule has 34 heavy (non-hydrogen) atoms. The van der Waals surface area contributed by atoms with Gasteiger partial charge in [-0.05, 0) is 17.7 Å². The van der Waals surface area contributed by atoms with Gasteiger partial charge in [0.05, 0.1) is 35.8 Å². The largest absolute Gasteiger partial charge is 0.417 e. The van der Waals surface area contributed by atoms with Gasteiger partial charge in [-0.2, -0.15) is 18.3 Å². The molecule has 0 bridgehead atoms. The lowest BCUT2D eigenvalue weighted by Gasteiger charge is -2.10. The van der Waals surface area contributed by atoms with Gasteiger partial charge in [0, 0.05) is 43.0 Å². The predicted molar refractivity (Wildman–Crippen MR) is 115 cm³/mol. The second-order valence-corrected chi connectivity index (χ2v) is 7.32. The number of carbonyl (C=O) groups excluding carboxylic acids is 1. The molecule has 4 rings (SSSR count). The smallest absolute Gasteiger partial charge is 0.324 e. The average molecular weight is 471 g/mol. The monoisotopic (exact) mass is 471 g/mol. The third-order valence-electron chi connectivity index (χ3n) is 4.67. The average Bonchev–Trinajstić information content (AvgIpc) is 3.18. The zero-order valence-electron chi connectivity index (χ0n) is 17.6. The Labute approximate surface area is 190 Å². The second kappa shape index (κ2) is 9.25. The van der Waals surface area contributed by atoms with Gasteiger partial charge in [0.25, 0.3) is 0 Å². The van der Waals surface area contributed by atoms with E-state index in [1.165, 1.54) is 24.5 Å². The number of aromatic nitrogens is 5. The van der Waals surface area contributed by atoms with Gasteiger partial charge in [-0.25, -0.2) is 14.4 Å². The van der Waals surface area contributed by atoms with Crippen molar-refractivity contribution in [1.82, 2.24) is 24.7 Å². The molecule has 3 heterocycles. The van der Waals surface area contributed by atoms with Crippen LogP contribution in [0.1, 0.15) is 11.1 Å². The van der Waals surface area contributed by atoms with E-state index in [1.54, 1.807) is 30.2 Å². The van der Waals surface area contributed by atoms with Gasteiger partial charge in [0.1, 0.15) is 5.82 Å². The molecule has 0 aliphatic heterocycles. The number of nitrogens with one attached hydrogen (secondary N) is 2. The number of pyridine rings is 1. The molecule has 4 aromatic rings. The van der Waals surface area contributed by atoms with Crippen LogP contribution in [0.4, 0.5) is 34.9 Å². The molecular formula is C22H17F4N7O. The fraction of sp³-hybridized carbons (Fsp3) is 0.136. The first-order chi connectivity index (χ1) is 16.2. The molecule has 0 aliphatic carbocycles. The van der Waals surface area contributed by atoms with Crippen molar-refractivity contribution in [2.45, 2.75) is 12.6 Å². The standard InChI is InChI=1S/C22H17F4N7O/c1-33-12-17(11-30-33)32-21-28-7-14(8-29-21)18-3-2-13(4-19(18)23)5-20(34)31-16-6-15(9-27-10-16)22(24,25)26/h2-4,6-12H,5H2,1H3,(H,31,34)(H,28,29,32). The van der Waals surface area contributed by atoms with E-state index in [0.29, 0.717) is 29.0 Å². The number of anilines is 3. The first-order valence-corrected chi connectivity index (χ1v) is 9.86. The summed E-state index contributed by atoms with van der Waals surface area (Å²) in [6.07, 6.45) is 3.21. The maximum absolute atomic E-state index is 14.7. The van der Waals surface area contributed by atoms with E-state index in [0.717, 1.165) is 12.3 Å². The Morgan fingerprint density at radius 1 is 1.03 bits per heavy atom. The summed E-state index contributed by atoms with van der Waals surface area (Å²) >= 11 is 0. The first kappa shape index (κ1) is 22.8. The lowest BCUT2D eigenvalue weighted by Crippen LogP contribution is -2.15. The molecule has 0 radical (unpaired) electrons. The molecule has 3 aromatic heterocycles. The minimum absolute atomic E-state index is 0.103. The minimum Gasteiger partial charge on any atom is -0.324 e. The molecular weight excluding hydrogens is 454 g/mol. The van der Waals surface area contributed by atoms with Crippen molar-refractivity contribution in [2.75, 3.05) is 10.6 Å². The Hall–Kier alpha value is -4.35. The highest BCUT2D eigenvalue weighted by Gasteiger charge is 2.31. The number of nitrogens with zero attached hydrogens (tertiary/aromatic N) is 5. The van der Waals surface area contributed by atoms with Gasteiger partial charge < -0.3 is 10.6 Å². The highest BCUT2D eigenvalue weighted by molar-refractivity contribution is 5.92. The van der Waals surface area contributed by atoms with Crippen molar-refractivity contribution in [3.8, 4) is 11.1 Å². The number of rotatable bonds is 6. The highest BCUT2D eigenvalue weighted by atomic mass is 19.4. The van der Waals surface area contributed by atoms with E-state index >= 15 is 0 Å². The number of amides is 1. The van der Waals surface area contributed by atoms with Crippen LogP contribution in [0.2, 0.25) is 0 Å². The Balaban J connectivity index is 1.41. The molecule has 0 atom stereocenters. The van der Waals surface area contributed by atoms with E-state index in [-0.39, 0.29) is 17.7 Å². The summed E-state index contributed by atoms with van der Waals surface area (Å²) in [7, 11) is 1.77. The molecule has 0 aliphatic rings. The molecule has 1 amide bonds. The molecule has 1 aromatic carbocycles. The summed E-state index contributed by atoms with van der Waals surface area (Å²) < 4.78 is 54.7. The molecule has 0 fully saturated rings. The van der Waals surface area contributed by atoms with Crippen molar-refractivity contribution in [1.29, 1.82) is 0 Å². The number of alkyl halides is 3. The topological polar surface area (TPSA) is 97.6 Å². The molecule has 2 N–H and O–H groups in total. The van der Waals surface area contributed by atoms with Gasteiger partial charge in [0.2, 0.25) is 11.9 Å². The van der Waals surface area contributed by atoms with E-state index in [1.807, 2.05) is 0 Å². The normalized spacial score (nSPS) is 11.3. The number of hydrogen-bond donors (Lipinski definition) is 2. The molecule has 0 saturated carbocycles. The number of halogens is 4. The summed E-state index contributed by atoms with van der Waals surface area (Å²) in [5.41, 5.74) is 0.623. The number of hydrogen-bond acceptors (Lipinski definition) is 6. The quantitative estimate of drug-likeness (QED) is 0.406. The number of aryl methyl sites for hydroxylation is 1. The third-order valence-corrected chi connectivity index (χ3v) is 4.67. The molecule has 0 unspecified atom stereocenters. The van der Waals surface area contributed by atoms with Crippen LogP contribution in [-0.4, -0.2) is 30.6 Å². The second-order valence-electron chi connectivity index (χ2n) is 7.32. The summed E-state index contributed by atoms with van der Waals surface area (Å²) in [6, 6.07) is 4.99. The van der Waals surface area contributed by atoms with Crippen molar-refractivity contribution in [2.24, 2.45) is 7.05 Å². The first-order valence-electron chi connectivity index (χ1n) is 9.86. The van der Waals surface area contributed by atoms with Crippen molar-refractivity contribution < 1.29 is 22.4 Å². The lowest BCUT2D eigenvalue weighted by molar-refractivity contribution is -0.137. The zero-order chi connectivity index (χ0) is 24.3. The van der Waals surface area contributed by atoms with E-state index in [4.69, 9.17) is 0 Å². The van der Waals surface area contributed by atoms with Crippen molar-refractivity contribution in [3.05, 3.63) is 78.4 Å². The van der Waals surface area contributed by atoms with Crippen LogP contribution in [0.3, 0.4) is 0 Å². The summed E-state index contributed by atoms with van der Waals surface area (Å²) in [5.74, 6) is -0.889. The van der Waals surface area contributed by atoms with E-state index in [2.05, 4.69) is 30.7 Å². The minimum atomic E-state index is -4.58. The Bertz CT molecular complexity index is 1320. The zero-order valence-corrected chi connectivity index (χ0v) is 17.6. The molecule has 0 saturated heterocycles. The van der Waals surface area contributed by atoms with Gasteiger partial charge in [-0.1, -0.05) is 12.1 Å². The van der Waals surface area contributed by atoms with Crippen LogP contribution < -0.4 is 10.6 Å². The van der Waals surface area contributed by atoms with E-state index < -0.39 is 23.5 Å². The third kappa shape index (κ3) is 5.52. The Morgan fingerprint density at radius 2 is 1.79 bits per heavy atom. The molecule has 8 nitrogen and oxygen atoms in total. The van der Waals surface area contributed by atoms with Crippen LogP contribution >= 0.6 is 0 Å². The van der Waals surface area contributed by atoms with Crippen LogP contribution in [-0.2, 0) is 24.4 Å². The summed E-state index contributed by atoms with van der Waals surface area (Å²) in [6.45, 7) is 0. The lowest BCUT2D eigenvalue weighted by atomic mass is 10.0. The van der Waals surface area contributed by atoms with Gasteiger partial charge in [0.15, 0.2) is 0 Å². The van der Waals surface area contributed by atoms with Crippen LogP contribution in [0.5, 0.6) is 0 Å². The maximum atomic E-state index is 14.7. The van der Waals surface area contributed by atoms with Gasteiger partial charge in [-0.3, -0.25) is 14.5 Å². The fourth-order valence-corrected chi connectivity index (χ4v) is 3.10. The Kier molecular flexibility index (Phi) is 6.21. The van der Waals surface area contributed by atoms with Crippen LogP contribution in [0.25, 0.3) is 11.1 Å². The SMILES string of the molecule is Cn1cc(Nc2ncc(-c3ccc(CC(=O)Nc4cncc(C(F)(F)F)c4)cc3F)cn2)cn1. The maximum Gasteiger partial charge on any atom is 0.417 e. The summed E-state index contributed by atoms with van der Waals surface area (Å²) in [5, 5.41) is 9.34. The van der Waals surface area contributed by atoms with Crippen molar-refractivity contribution >= 4 is 23.2 Å². The number of benzene rings is 1. The Morgan fingerprint density at radius 3 is 2.44 bits per heavy atom. The molecule has 12 heteroatoms. The van der Waals surface area contributed by atoms with Gasteiger partial charge >= 0.3 is 6.18 Å². The fourth-order valence-electron chi connectivity index (χ4n) is 3.10. The van der Waals surface area contributed by atoms with Crippen molar-refractivity contribution in [3.63, 3.8) is 0 Å². The highest BCUT2D eigenvalue weighted by Crippen LogP contribution is 2.30.